The van der Waals surface area contributed by atoms with Crippen molar-refractivity contribution in [3.8, 4) is 22.1 Å². The molecule has 0 bridgehead atoms. The van der Waals surface area contributed by atoms with Gasteiger partial charge in [-0.05, 0) is 43.2 Å². The number of thiazole rings is 1. The number of hydrogen-bond acceptors (Lipinski definition) is 6. The van der Waals surface area contributed by atoms with Crippen molar-refractivity contribution in [1.82, 2.24) is 4.98 Å². The van der Waals surface area contributed by atoms with Gasteiger partial charge in [-0.3, -0.25) is 4.79 Å². The second kappa shape index (κ2) is 8.33. The van der Waals surface area contributed by atoms with E-state index in [9.17, 15) is 4.79 Å². The van der Waals surface area contributed by atoms with Crippen LogP contribution in [0.1, 0.15) is 16.9 Å². The maximum absolute atomic E-state index is 12.2. The van der Waals surface area contributed by atoms with E-state index in [4.69, 9.17) is 9.47 Å². The van der Waals surface area contributed by atoms with E-state index in [1.807, 2.05) is 23.6 Å². The molecule has 2 aromatic heterocycles. The van der Waals surface area contributed by atoms with Gasteiger partial charge in [0.15, 0.2) is 16.6 Å². The average Bonchev–Trinajstić information content (AvgIpc) is 3.28. The Labute approximate surface area is 160 Å². The molecular weight excluding hydrogens is 368 g/mol. The van der Waals surface area contributed by atoms with E-state index in [0.717, 1.165) is 16.1 Å². The molecule has 136 valence electrons. The first-order chi connectivity index (χ1) is 12.6. The van der Waals surface area contributed by atoms with Crippen molar-refractivity contribution in [2.75, 3.05) is 19.5 Å². The highest BCUT2D eigenvalue weighted by molar-refractivity contribution is 7.17. The van der Waals surface area contributed by atoms with Crippen LogP contribution in [0.15, 0.2) is 35.7 Å². The molecule has 2 heterocycles. The Hall–Kier alpha value is -2.38. The fraction of sp³-hybridized carbons (Fsp3) is 0.263. The Morgan fingerprint density at radius 2 is 1.96 bits per heavy atom. The minimum absolute atomic E-state index is 0.0527. The smallest absolute Gasteiger partial charge is 0.226 e. The molecule has 0 aliphatic heterocycles. The van der Waals surface area contributed by atoms with Crippen LogP contribution in [0.2, 0.25) is 0 Å². The molecule has 0 saturated heterocycles. The predicted molar refractivity (Wildman–Crippen MR) is 107 cm³/mol. The van der Waals surface area contributed by atoms with Gasteiger partial charge in [-0.25, -0.2) is 4.98 Å². The number of hydrogen-bond donors (Lipinski definition) is 1. The number of ether oxygens (including phenoxy) is 2. The minimum Gasteiger partial charge on any atom is -0.493 e. The molecule has 1 N–H and O–H groups in total. The molecule has 1 amide bonds. The van der Waals surface area contributed by atoms with Crippen LogP contribution < -0.4 is 14.8 Å². The number of nitrogens with zero attached hydrogens (tertiary/aromatic N) is 1. The van der Waals surface area contributed by atoms with Crippen LogP contribution in [0.4, 0.5) is 5.13 Å². The van der Waals surface area contributed by atoms with Gasteiger partial charge in [-0.2, -0.15) is 0 Å². The number of rotatable bonds is 7. The van der Waals surface area contributed by atoms with E-state index in [2.05, 4.69) is 29.4 Å². The van der Waals surface area contributed by atoms with E-state index < -0.39 is 0 Å². The molecule has 5 nitrogen and oxygen atoms in total. The van der Waals surface area contributed by atoms with Crippen molar-refractivity contribution >= 4 is 33.7 Å². The number of nitrogens with one attached hydrogen (secondary N) is 1. The second-order valence-electron chi connectivity index (χ2n) is 5.69. The molecule has 0 aliphatic carbocycles. The Kier molecular flexibility index (Phi) is 5.90. The number of anilines is 1. The third kappa shape index (κ3) is 4.42. The first-order valence-corrected chi connectivity index (χ1v) is 9.81. The molecule has 7 heteroatoms. The Morgan fingerprint density at radius 1 is 1.15 bits per heavy atom. The Bertz CT molecular complexity index is 902. The summed E-state index contributed by atoms with van der Waals surface area (Å²) in [5.41, 5.74) is 1.93. The summed E-state index contributed by atoms with van der Waals surface area (Å²) in [6, 6.07) is 9.81. The molecule has 0 radical (unpaired) electrons. The lowest BCUT2D eigenvalue weighted by atomic mass is 10.1. The van der Waals surface area contributed by atoms with Gasteiger partial charge in [-0.15, -0.1) is 22.7 Å². The zero-order valence-electron chi connectivity index (χ0n) is 14.9. The van der Waals surface area contributed by atoms with Crippen LogP contribution >= 0.6 is 22.7 Å². The van der Waals surface area contributed by atoms with Gasteiger partial charge in [-0.1, -0.05) is 6.07 Å². The van der Waals surface area contributed by atoms with Crippen molar-refractivity contribution in [1.29, 1.82) is 0 Å². The van der Waals surface area contributed by atoms with Crippen LogP contribution in [0.3, 0.4) is 0 Å². The molecular formula is C19H20N2O3S2. The predicted octanol–water partition coefficient (Wildman–Crippen LogP) is 4.77. The molecule has 1 aromatic carbocycles. The van der Waals surface area contributed by atoms with Gasteiger partial charge in [0.05, 0.1) is 24.8 Å². The molecule has 0 fully saturated rings. The third-order valence-corrected chi connectivity index (χ3v) is 5.61. The van der Waals surface area contributed by atoms with Crippen molar-refractivity contribution < 1.29 is 14.3 Å². The quantitative estimate of drug-likeness (QED) is 0.633. The first kappa shape index (κ1) is 18.4. The lowest BCUT2D eigenvalue weighted by Gasteiger charge is -2.09. The summed E-state index contributed by atoms with van der Waals surface area (Å²) in [5.74, 6) is 1.30. The van der Waals surface area contributed by atoms with E-state index >= 15 is 0 Å². The second-order valence-corrected chi connectivity index (χ2v) is 7.83. The van der Waals surface area contributed by atoms with Gasteiger partial charge < -0.3 is 14.8 Å². The number of aryl methyl sites for hydroxylation is 2. The largest absolute Gasteiger partial charge is 0.493 e. The molecule has 3 rings (SSSR count). The monoisotopic (exact) mass is 388 g/mol. The summed E-state index contributed by atoms with van der Waals surface area (Å²) in [6.07, 6.45) is 0.997. The summed E-state index contributed by atoms with van der Waals surface area (Å²) in [5, 5.41) is 5.47. The number of amides is 1. The normalized spacial score (nSPS) is 10.6. The number of thiophene rings is 1. The highest BCUT2D eigenvalue weighted by atomic mass is 32.1. The molecule has 0 unspecified atom stereocenters. The zero-order chi connectivity index (χ0) is 18.5. The SMILES string of the molecule is COc1ccc(CCC(=O)Nc2nc(-c3ccc(C)s3)cs2)cc1OC. The van der Waals surface area contributed by atoms with Gasteiger partial charge in [0, 0.05) is 16.7 Å². The van der Waals surface area contributed by atoms with E-state index in [-0.39, 0.29) is 5.91 Å². The lowest BCUT2D eigenvalue weighted by Crippen LogP contribution is -2.12. The maximum Gasteiger partial charge on any atom is 0.226 e. The highest BCUT2D eigenvalue weighted by Crippen LogP contribution is 2.31. The van der Waals surface area contributed by atoms with Crippen molar-refractivity contribution in [3.63, 3.8) is 0 Å². The number of carbonyl (C=O) groups excluding carboxylic acids is 1. The van der Waals surface area contributed by atoms with E-state index in [0.29, 0.717) is 29.5 Å². The van der Waals surface area contributed by atoms with Gasteiger partial charge in [0.1, 0.15) is 0 Å². The number of carbonyl (C=O) groups is 1. The van der Waals surface area contributed by atoms with Crippen LogP contribution in [-0.2, 0) is 11.2 Å². The zero-order valence-corrected chi connectivity index (χ0v) is 16.5. The summed E-state index contributed by atoms with van der Waals surface area (Å²) in [7, 11) is 3.20. The minimum atomic E-state index is -0.0527. The summed E-state index contributed by atoms with van der Waals surface area (Å²) < 4.78 is 10.5. The molecule has 0 aliphatic rings. The highest BCUT2D eigenvalue weighted by Gasteiger charge is 2.11. The van der Waals surface area contributed by atoms with Crippen molar-refractivity contribution in [2.45, 2.75) is 19.8 Å². The molecule has 26 heavy (non-hydrogen) atoms. The van der Waals surface area contributed by atoms with Crippen LogP contribution in [-0.4, -0.2) is 25.1 Å². The van der Waals surface area contributed by atoms with Crippen LogP contribution in [0.5, 0.6) is 11.5 Å². The average molecular weight is 389 g/mol. The van der Waals surface area contributed by atoms with E-state index in [1.165, 1.54) is 16.2 Å². The van der Waals surface area contributed by atoms with Crippen LogP contribution in [0, 0.1) is 6.92 Å². The Balaban J connectivity index is 1.57. The summed E-state index contributed by atoms with van der Waals surface area (Å²) in [6.45, 7) is 2.07. The fourth-order valence-corrected chi connectivity index (χ4v) is 4.12. The third-order valence-electron chi connectivity index (χ3n) is 3.83. The van der Waals surface area contributed by atoms with Gasteiger partial charge in [0.2, 0.25) is 5.91 Å². The Morgan fingerprint density at radius 3 is 2.65 bits per heavy atom. The van der Waals surface area contributed by atoms with E-state index in [1.54, 1.807) is 25.6 Å². The molecule has 3 aromatic rings. The van der Waals surface area contributed by atoms with Crippen LogP contribution in [0.25, 0.3) is 10.6 Å². The lowest BCUT2D eigenvalue weighted by molar-refractivity contribution is -0.116. The van der Waals surface area contributed by atoms with Gasteiger partial charge in [0.25, 0.3) is 0 Å². The maximum atomic E-state index is 12.2. The van der Waals surface area contributed by atoms with Gasteiger partial charge >= 0.3 is 0 Å². The van der Waals surface area contributed by atoms with Crippen molar-refractivity contribution in [3.05, 3.63) is 46.2 Å². The topological polar surface area (TPSA) is 60.5 Å². The standard InChI is InChI=1S/C19H20N2O3S2/c1-12-4-8-17(26-12)14-11-25-19(20-14)21-18(22)9-6-13-5-7-15(23-2)16(10-13)24-3/h4-5,7-8,10-11H,6,9H2,1-3H3,(H,20,21,22). The molecule has 0 saturated carbocycles. The summed E-state index contributed by atoms with van der Waals surface area (Å²) in [4.78, 5) is 19.1. The number of aromatic nitrogens is 1. The molecule has 0 atom stereocenters. The molecule has 0 spiro atoms. The summed E-state index contributed by atoms with van der Waals surface area (Å²) >= 11 is 3.14. The number of methoxy groups -OCH3 is 2. The van der Waals surface area contributed by atoms with Crippen molar-refractivity contribution in [2.24, 2.45) is 0 Å². The fourth-order valence-electron chi connectivity index (χ4n) is 2.49. The first-order valence-electron chi connectivity index (χ1n) is 8.12. The number of benzene rings is 1.